The molecule has 0 aliphatic rings. The zero-order valence-corrected chi connectivity index (χ0v) is 9.10. The summed E-state index contributed by atoms with van der Waals surface area (Å²) in [6, 6.07) is 3.75. The van der Waals surface area contributed by atoms with E-state index in [2.05, 4.69) is 20.5 Å². The topological polar surface area (TPSA) is 62.8 Å². The lowest BCUT2D eigenvalue weighted by Gasteiger charge is -2.09. The van der Waals surface area contributed by atoms with E-state index in [4.69, 9.17) is 4.74 Å². The Morgan fingerprint density at radius 3 is 3.19 bits per heavy atom. The minimum Gasteiger partial charge on any atom is -0.490 e. The number of hydrogen-bond donors (Lipinski definition) is 2. The van der Waals surface area contributed by atoms with E-state index in [1.54, 1.807) is 12.4 Å². The molecule has 0 radical (unpaired) electrons. The molecule has 2 aromatic rings. The lowest BCUT2D eigenvalue weighted by atomic mass is 10.3. The molecule has 2 aromatic heterocycles. The molecular weight excluding hydrogens is 204 g/mol. The van der Waals surface area contributed by atoms with Gasteiger partial charge in [-0.15, -0.1) is 0 Å². The Kier molecular flexibility index (Phi) is 3.38. The van der Waals surface area contributed by atoms with Gasteiger partial charge in [-0.3, -0.25) is 5.10 Å². The first-order chi connectivity index (χ1) is 7.90. The van der Waals surface area contributed by atoms with E-state index < -0.39 is 0 Å². The van der Waals surface area contributed by atoms with Gasteiger partial charge in [0.25, 0.3) is 0 Å². The van der Waals surface area contributed by atoms with Crippen molar-refractivity contribution in [2.24, 2.45) is 0 Å². The summed E-state index contributed by atoms with van der Waals surface area (Å²) in [6.07, 6.45) is 5.35. The van der Waals surface area contributed by atoms with Crippen LogP contribution in [0.3, 0.4) is 0 Å². The third kappa shape index (κ3) is 2.50. The molecule has 0 fully saturated rings. The Balaban J connectivity index is 2.03. The minimum absolute atomic E-state index is 0.631. The first-order valence-electron chi connectivity index (χ1n) is 5.19. The van der Waals surface area contributed by atoms with E-state index in [0.717, 1.165) is 17.1 Å². The number of nitrogens with zero attached hydrogens (tertiary/aromatic N) is 2. The molecule has 0 aromatic carbocycles. The number of rotatable bonds is 5. The molecule has 0 spiro atoms. The Hall–Kier alpha value is -2.04. The molecule has 0 atom stereocenters. The summed E-state index contributed by atoms with van der Waals surface area (Å²) < 4.78 is 5.46. The van der Waals surface area contributed by atoms with Crippen molar-refractivity contribution < 1.29 is 4.74 Å². The Morgan fingerprint density at radius 2 is 2.44 bits per heavy atom. The van der Waals surface area contributed by atoms with E-state index in [1.165, 1.54) is 0 Å². The summed E-state index contributed by atoms with van der Waals surface area (Å²) >= 11 is 0. The summed E-state index contributed by atoms with van der Waals surface area (Å²) in [5.41, 5.74) is 1.08. The smallest absolute Gasteiger partial charge is 0.169 e. The highest BCUT2D eigenvalue weighted by atomic mass is 16.5. The van der Waals surface area contributed by atoms with Crippen molar-refractivity contribution in [3.05, 3.63) is 36.3 Å². The van der Waals surface area contributed by atoms with Gasteiger partial charge in [0, 0.05) is 24.5 Å². The average molecular weight is 218 g/mol. The Labute approximate surface area is 93.9 Å². The van der Waals surface area contributed by atoms with Gasteiger partial charge in [0.1, 0.15) is 0 Å². The Bertz CT molecular complexity index is 427. The van der Waals surface area contributed by atoms with Gasteiger partial charge in [-0.05, 0) is 19.1 Å². The first-order valence-corrected chi connectivity index (χ1v) is 5.19. The number of pyridine rings is 1. The minimum atomic E-state index is 0.631. The third-order valence-electron chi connectivity index (χ3n) is 2.09. The van der Waals surface area contributed by atoms with Crippen LogP contribution in [0.4, 0.5) is 5.82 Å². The molecule has 16 heavy (non-hydrogen) atoms. The fraction of sp³-hybridized carbons (Fsp3) is 0.273. The van der Waals surface area contributed by atoms with Crippen LogP contribution in [0.25, 0.3) is 0 Å². The zero-order valence-electron chi connectivity index (χ0n) is 9.10. The number of ether oxygens (including phenoxy) is 1. The molecule has 2 rings (SSSR count). The second-order valence-corrected chi connectivity index (χ2v) is 3.24. The van der Waals surface area contributed by atoms with Crippen LogP contribution in [-0.4, -0.2) is 21.8 Å². The van der Waals surface area contributed by atoms with Crippen LogP contribution in [0.15, 0.2) is 30.7 Å². The van der Waals surface area contributed by atoms with Crippen molar-refractivity contribution in [2.45, 2.75) is 13.5 Å². The predicted octanol–water partition coefficient (Wildman–Crippen LogP) is 1.82. The Morgan fingerprint density at radius 1 is 1.50 bits per heavy atom. The van der Waals surface area contributed by atoms with Gasteiger partial charge in [0.15, 0.2) is 11.6 Å². The van der Waals surface area contributed by atoms with Crippen molar-refractivity contribution in [1.29, 1.82) is 0 Å². The van der Waals surface area contributed by atoms with Gasteiger partial charge in [0.05, 0.1) is 12.8 Å². The van der Waals surface area contributed by atoms with Gasteiger partial charge in [-0.2, -0.15) is 5.10 Å². The van der Waals surface area contributed by atoms with Crippen molar-refractivity contribution in [2.75, 3.05) is 11.9 Å². The number of nitrogens with one attached hydrogen (secondary N) is 2. The molecule has 0 aliphatic heterocycles. The number of aromatic nitrogens is 3. The van der Waals surface area contributed by atoms with Crippen LogP contribution in [0, 0.1) is 0 Å². The number of anilines is 1. The van der Waals surface area contributed by atoms with Crippen LogP contribution >= 0.6 is 0 Å². The van der Waals surface area contributed by atoms with Crippen molar-refractivity contribution >= 4 is 5.82 Å². The highest BCUT2D eigenvalue weighted by Gasteiger charge is 2.03. The number of aromatic amines is 1. The SMILES string of the molecule is CCOc1cccnc1NCc1cn[nH]c1. The van der Waals surface area contributed by atoms with E-state index in [0.29, 0.717) is 13.2 Å². The first kappa shape index (κ1) is 10.5. The van der Waals surface area contributed by atoms with Gasteiger partial charge >= 0.3 is 0 Å². The maximum Gasteiger partial charge on any atom is 0.169 e. The van der Waals surface area contributed by atoms with Gasteiger partial charge in [0.2, 0.25) is 0 Å². The fourth-order valence-electron chi connectivity index (χ4n) is 1.36. The second-order valence-electron chi connectivity index (χ2n) is 3.24. The molecule has 2 N–H and O–H groups in total. The molecule has 0 saturated heterocycles. The molecular formula is C11H14N4O. The molecule has 0 aliphatic carbocycles. The van der Waals surface area contributed by atoms with Crippen LogP contribution in [0.5, 0.6) is 5.75 Å². The van der Waals surface area contributed by atoms with E-state index in [9.17, 15) is 0 Å². The summed E-state index contributed by atoms with van der Waals surface area (Å²) in [4.78, 5) is 4.23. The molecule has 5 nitrogen and oxygen atoms in total. The molecule has 5 heteroatoms. The number of hydrogen-bond acceptors (Lipinski definition) is 4. The summed E-state index contributed by atoms with van der Waals surface area (Å²) in [5, 5.41) is 9.85. The van der Waals surface area contributed by atoms with Crippen LogP contribution in [0.1, 0.15) is 12.5 Å². The van der Waals surface area contributed by atoms with Crippen molar-refractivity contribution in [3.63, 3.8) is 0 Å². The summed E-state index contributed by atoms with van der Waals surface area (Å²) in [7, 11) is 0. The summed E-state index contributed by atoms with van der Waals surface area (Å²) in [5.74, 6) is 1.53. The van der Waals surface area contributed by atoms with Crippen LogP contribution < -0.4 is 10.1 Å². The van der Waals surface area contributed by atoms with Gasteiger partial charge in [-0.1, -0.05) is 0 Å². The molecule has 0 amide bonds. The van der Waals surface area contributed by atoms with E-state index in [1.807, 2.05) is 25.3 Å². The largest absolute Gasteiger partial charge is 0.490 e. The maximum absolute atomic E-state index is 5.46. The summed E-state index contributed by atoms with van der Waals surface area (Å²) in [6.45, 7) is 3.26. The van der Waals surface area contributed by atoms with Gasteiger partial charge < -0.3 is 10.1 Å². The highest BCUT2D eigenvalue weighted by molar-refractivity contribution is 5.49. The zero-order chi connectivity index (χ0) is 11.2. The van der Waals surface area contributed by atoms with Crippen LogP contribution in [-0.2, 0) is 6.54 Å². The molecule has 84 valence electrons. The predicted molar refractivity (Wildman–Crippen MR) is 61.3 cm³/mol. The second kappa shape index (κ2) is 5.16. The molecule has 0 bridgehead atoms. The fourth-order valence-corrected chi connectivity index (χ4v) is 1.36. The maximum atomic E-state index is 5.46. The van der Waals surface area contributed by atoms with Crippen molar-refractivity contribution in [3.8, 4) is 5.75 Å². The number of H-pyrrole nitrogens is 1. The molecule has 2 heterocycles. The quantitative estimate of drug-likeness (QED) is 0.803. The van der Waals surface area contributed by atoms with E-state index >= 15 is 0 Å². The standard InChI is InChI=1S/C11H14N4O/c1-2-16-10-4-3-5-12-11(10)13-6-9-7-14-15-8-9/h3-5,7-8H,2,6H2,1H3,(H,12,13)(H,14,15). The monoisotopic (exact) mass is 218 g/mol. The van der Waals surface area contributed by atoms with Gasteiger partial charge in [-0.25, -0.2) is 4.98 Å². The van der Waals surface area contributed by atoms with E-state index in [-0.39, 0.29) is 0 Å². The lowest BCUT2D eigenvalue weighted by Crippen LogP contribution is -2.03. The lowest BCUT2D eigenvalue weighted by molar-refractivity contribution is 0.340. The van der Waals surface area contributed by atoms with Crippen molar-refractivity contribution in [1.82, 2.24) is 15.2 Å². The molecule has 0 unspecified atom stereocenters. The highest BCUT2D eigenvalue weighted by Crippen LogP contribution is 2.21. The average Bonchev–Trinajstić information content (AvgIpc) is 2.81. The van der Waals surface area contributed by atoms with Crippen LogP contribution in [0.2, 0.25) is 0 Å². The molecule has 0 saturated carbocycles. The normalized spacial score (nSPS) is 10.1. The third-order valence-corrected chi connectivity index (χ3v) is 2.09.